The van der Waals surface area contributed by atoms with Crippen LogP contribution < -0.4 is 0 Å². The zero-order valence-electron chi connectivity index (χ0n) is 10.3. The van der Waals surface area contributed by atoms with Crippen molar-refractivity contribution in [3.05, 3.63) is 0 Å². The van der Waals surface area contributed by atoms with Crippen molar-refractivity contribution in [2.24, 2.45) is 17.3 Å². The topological polar surface area (TPSA) is 26.3 Å². The van der Waals surface area contributed by atoms with Gasteiger partial charge < -0.3 is 4.74 Å². The average Bonchev–Trinajstić information content (AvgIpc) is 2.20. The lowest BCUT2D eigenvalue weighted by Gasteiger charge is -2.44. The van der Waals surface area contributed by atoms with E-state index in [1.54, 1.807) is 0 Å². The number of rotatable bonds is 0. The van der Waals surface area contributed by atoms with Crippen molar-refractivity contribution in [2.45, 2.75) is 59.0 Å². The van der Waals surface area contributed by atoms with E-state index < -0.39 is 0 Å². The predicted octanol–water partition coefficient (Wildman–Crippen LogP) is 3.15. The summed E-state index contributed by atoms with van der Waals surface area (Å²) >= 11 is 0. The molecule has 3 unspecified atom stereocenters. The Labute approximate surface area is 92.4 Å². The zero-order valence-corrected chi connectivity index (χ0v) is 10.3. The Morgan fingerprint density at radius 3 is 2.33 bits per heavy atom. The lowest BCUT2D eigenvalue weighted by atomic mass is 9.64. The highest BCUT2D eigenvalue weighted by molar-refractivity contribution is 5.74. The maximum atomic E-state index is 11.5. The largest absolute Gasteiger partial charge is 0.459 e. The summed E-state index contributed by atoms with van der Waals surface area (Å²) in [6.07, 6.45) is 4.28. The number of hydrogen-bond acceptors (Lipinski definition) is 2. The molecule has 0 radical (unpaired) electrons. The first-order chi connectivity index (χ1) is 6.82. The van der Waals surface area contributed by atoms with Crippen LogP contribution in [0.5, 0.6) is 0 Å². The van der Waals surface area contributed by atoms with E-state index in [4.69, 9.17) is 4.74 Å². The summed E-state index contributed by atoms with van der Waals surface area (Å²) in [4.78, 5) is 11.5. The zero-order chi connectivity index (χ0) is 11.3. The molecule has 86 valence electrons. The van der Waals surface area contributed by atoms with Crippen LogP contribution >= 0.6 is 0 Å². The summed E-state index contributed by atoms with van der Waals surface area (Å²) in [5, 5.41) is 0. The molecule has 2 fully saturated rings. The van der Waals surface area contributed by atoms with E-state index in [-0.39, 0.29) is 17.5 Å². The van der Waals surface area contributed by atoms with Gasteiger partial charge in [-0.2, -0.15) is 0 Å². The molecule has 2 nitrogen and oxygen atoms in total. The highest BCUT2D eigenvalue weighted by Crippen LogP contribution is 2.50. The first kappa shape index (κ1) is 11.0. The number of carbonyl (C=O) groups excluding carboxylic acids is 1. The molecule has 0 N–H and O–H groups in total. The smallest absolute Gasteiger partial charge is 0.309 e. The summed E-state index contributed by atoms with van der Waals surface area (Å²) in [7, 11) is 0. The van der Waals surface area contributed by atoms with Crippen LogP contribution in [0.25, 0.3) is 0 Å². The van der Waals surface area contributed by atoms with E-state index in [0.717, 1.165) is 19.3 Å². The lowest BCUT2D eigenvalue weighted by molar-refractivity contribution is -0.157. The van der Waals surface area contributed by atoms with Crippen LogP contribution in [0.15, 0.2) is 0 Å². The van der Waals surface area contributed by atoms with E-state index in [0.29, 0.717) is 11.3 Å². The molecule has 2 heteroatoms. The van der Waals surface area contributed by atoms with Crippen LogP contribution in [-0.2, 0) is 9.53 Å². The molecule has 15 heavy (non-hydrogen) atoms. The van der Waals surface area contributed by atoms with Gasteiger partial charge in [-0.15, -0.1) is 0 Å². The summed E-state index contributed by atoms with van der Waals surface area (Å²) in [6.45, 7) is 8.85. The van der Waals surface area contributed by atoms with Gasteiger partial charge in [-0.25, -0.2) is 0 Å². The average molecular weight is 210 g/mol. The van der Waals surface area contributed by atoms with E-state index in [1.165, 1.54) is 6.42 Å². The Bertz CT molecular complexity index is 282. The van der Waals surface area contributed by atoms with Crippen molar-refractivity contribution < 1.29 is 9.53 Å². The van der Waals surface area contributed by atoms with Crippen molar-refractivity contribution in [1.29, 1.82) is 0 Å². The standard InChI is InChI=1S/C13H22O2/c1-9-5-12(3,4)8-13(6-9)7-10(2)11(14)15-13/h9-10H,5-8H2,1-4H3. The Kier molecular flexibility index (Phi) is 2.36. The molecule has 1 aliphatic carbocycles. The predicted molar refractivity (Wildman–Crippen MR) is 59.4 cm³/mol. The quantitative estimate of drug-likeness (QED) is 0.574. The fourth-order valence-corrected chi connectivity index (χ4v) is 3.90. The van der Waals surface area contributed by atoms with Crippen molar-refractivity contribution in [3.63, 3.8) is 0 Å². The second kappa shape index (κ2) is 3.23. The summed E-state index contributed by atoms with van der Waals surface area (Å²) < 4.78 is 5.67. The maximum absolute atomic E-state index is 11.5. The molecule has 2 aliphatic rings. The molecule has 1 saturated heterocycles. The van der Waals surface area contributed by atoms with Gasteiger partial charge in [0.15, 0.2) is 0 Å². The first-order valence-electron chi connectivity index (χ1n) is 6.05. The molecular formula is C13H22O2. The molecule has 1 spiro atoms. The van der Waals surface area contributed by atoms with Gasteiger partial charge in [-0.3, -0.25) is 4.79 Å². The molecule has 1 aliphatic heterocycles. The number of ether oxygens (including phenoxy) is 1. The monoisotopic (exact) mass is 210 g/mol. The lowest BCUT2D eigenvalue weighted by Crippen LogP contribution is -2.42. The third kappa shape index (κ3) is 2.04. The number of esters is 1. The fraction of sp³-hybridized carbons (Fsp3) is 0.923. The molecule has 0 amide bonds. The molecular weight excluding hydrogens is 188 g/mol. The Hall–Kier alpha value is -0.530. The van der Waals surface area contributed by atoms with Gasteiger partial charge in [0.1, 0.15) is 5.60 Å². The Morgan fingerprint density at radius 1 is 1.20 bits per heavy atom. The third-order valence-corrected chi connectivity index (χ3v) is 3.82. The molecule has 0 aromatic heterocycles. The SMILES string of the molecule is CC1CC(C)(C)CC2(C1)CC(C)C(=O)O2. The second-order valence-electron chi connectivity index (χ2n) is 6.56. The van der Waals surface area contributed by atoms with Crippen LogP contribution in [0.1, 0.15) is 53.4 Å². The van der Waals surface area contributed by atoms with Gasteiger partial charge in [-0.05, 0) is 30.6 Å². The molecule has 1 heterocycles. The van der Waals surface area contributed by atoms with Crippen LogP contribution in [-0.4, -0.2) is 11.6 Å². The fourth-order valence-electron chi connectivity index (χ4n) is 3.90. The van der Waals surface area contributed by atoms with Crippen molar-refractivity contribution in [1.82, 2.24) is 0 Å². The molecule has 1 saturated carbocycles. The molecule has 2 rings (SSSR count). The number of carbonyl (C=O) groups is 1. The minimum atomic E-state index is -0.127. The van der Waals surface area contributed by atoms with E-state index in [2.05, 4.69) is 20.8 Å². The van der Waals surface area contributed by atoms with Crippen molar-refractivity contribution in [2.75, 3.05) is 0 Å². The first-order valence-corrected chi connectivity index (χ1v) is 6.05. The Balaban J connectivity index is 2.19. The molecule has 0 aromatic carbocycles. The maximum Gasteiger partial charge on any atom is 0.309 e. The summed E-state index contributed by atoms with van der Waals surface area (Å²) in [5.74, 6) is 0.790. The van der Waals surface area contributed by atoms with Gasteiger partial charge in [0.05, 0.1) is 5.92 Å². The van der Waals surface area contributed by atoms with Crippen molar-refractivity contribution >= 4 is 5.97 Å². The highest BCUT2D eigenvalue weighted by atomic mass is 16.6. The molecule has 3 atom stereocenters. The van der Waals surface area contributed by atoms with E-state index in [9.17, 15) is 4.79 Å². The highest BCUT2D eigenvalue weighted by Gasteiger charge is 2.51. The van der Waals surface area contributed by atoms with Crippen LogP contribution in [0.3, 0.4) is 0 Å². The van der Waals surface area contributed by atoms with Crippen LogP contribution in [0.4, 0.5) is 0 Å². The van der Waals surface area contributed by atoms with Crippen LogP contribution in [0, 0.1) is 17.3 Å². The summed E-state index contributed by atoms with van der Waals surface area (Å²) in [6, 6.07) is 0. The molecule has 0 bridgehead atoms. The van der Waals surface area contributed by atoms with Gasteiger partial charge in [0.25, 0.3) is 0 Å². The second-order valence-corrected chi connectivity index (χ2v) is 6.56. The van der Waals surface area contributed by atoms with Crippen molar-refractivity contribution in [3.8, 4) is 0 Å². The van der Waals surface area contributed by atoms with E-state index >= 15 is 0 Å². The summed E-state index contributed by atoms with van der Waals surface area (Å²) in [5.41, 5.74) is 0.194. The third-order valence-electron chi connectivity index (χ3n) is 3.82. The number of hydrogen-bond donors (Lipinski definition) is 0. The van der Waals surface area contributed by atoms with Gasteiger partial charge in [0.2, 0.25) is 0 Å². The Morgan fingerprint density at radius 2 is 1.87 bits per heavy atom. The van der Waals surface area contributed by atoms with E-state index in [1.807, 2.05) is 6.92 Å². The molecule has 0 aromatic rings. The van der Waals surface area contributed by atoms with Gasteiger partial charge in [0, 0.05) is 6.42 Å². The van der Waals surface area contributed by atoms with Gasteiger partial charge in [-0.1, -0.05) is 27.7 Å². The van der Waals surface area contributed by atoms with Gasteiger partial charge >= 0.3 is 5.97 Å². The minimum Gasteiger partial charge on any atom is -0.459 e. The normalized spacial score (nSPS) is 44.4. The van der Waals surface area contributed by atoms with Crippen LogP contribution in [0.2, 0.25) is 0 Å². The minimum absolute atomic E-state index is 0.0138.